The molecule has 1 fully saturated rings. The molecule has 1 unspecified atom stereocenters. The molecular weight excluding hydrogens is 162 g/mol. The van der Waals surface area contributed by atoms with Crippen molar-refractivity contribution in [1.29, 1.82) is 0 Å². The van der Waals surface area contributed by atoms with E-state index in [9.17, 15) is 0 Å². The Kier molecular flexibility index (Phi) is 5.40. The Morgan fingerprint density at radius 3 is 2.69 bits per heavy atom. The molecule has 1 aliphatic carbocycles. The second-order valence-corrected chi connectivity index (χ2v) is 4.23. The molecule has 1 atom stereocenters. The van der Waals surface area contributed by atoms with Crippen LogP contribution in [0.2, 0.25) is 0 Å². The molecule has 0 aromatic rings. The maximum atomic E-state index is 5.00. The monoisotopic (exact) mass is 185 g/mol. The van der Waals surface area contributed by atoms with Gasteiger partial charge in [0, 0.05) is 19.7 Å². The molecule has 13 heavy (non-hydrogen) atoms. The molecule has 0 heterocycles. The van der Waals surface area contributed by atoms with Gasteiger partial charge in [-0.2, -0.15) is 0 Å². The van der Waals surface area contributed by atoms with Crippen molar-refractivity contribution in [3.05, 3.63) is 0 Å². The number of rotatable bonds is 6. The van der Waals surface area contributed by atoms with Crippen LogP contribution in [0.1, 0.15) is 39.0 Å². The normalized spacial score (nSPS) is 20.8. The summed E-state index contributed by atoms with van der Waals surface area (Å²) in [7, 11) is 1.75. The van der Waals surface area contributed by atoms with Crippen LogP contribution in [-0.2, 0) is 4.74 Å². The van der Waals surface area contributed by atoms with Gasteiger partial charge in [0.25, 0.3) is 0 Å². The van der Waals surface area contributed by atoms with Gasteiger partial charge in [-0.3, -0.25) is 0 Å². The van der Waals surface area contributed by atoms with Crippen molar-refractivity contribution in [2.45, 2.75) is 45.1 Å². The SMILES string of the molecule is COCCNC(C)CC1CCCC1. The zero-order valence-electron chi connectivity index (χ0n) is 9.01. The molecule has 0 bridgehead atoms. The van der Waals surface area contributed by atoms with Crippen LogP contribution in [-0.4, -0.2) is 26.3 Å². The Labute approximate surface area is 82.0 Å². The van der Waals surface area contributed by atoms with E-state index in [0.29, 0.717) is 6.04 Å². The average molecular weight is 185 g/mol. The van der Waals surface area contributed by atoms with E-state index in [1.54, 1.807) is 7.11 Å². The van der Waals surface area contributed by atoms with Crippen molar-refractivity contribution in [3.8, 4) is 0 Å². The van der Waals surface area contributed by atoms with Crippen LogP contribution in [0.3, 0.4) is 0 Å². The average Bonchev–Trinajstić information content (AvgIpc) is 2.57. The molecule has 0 saturated heterocycles. The first-order valence-corrected chi connectivity index (χ1v) is 5.55. The van der Waals surface area contributed by atoms with Crippen LogP contribution >= 0.6 is 0 Å². The van der Waals surface area contributed by atoms with Gasteiger partial charge in [-0.15, -0.1) is 0 Å². The summed E-state index contributed by atoms with van der Waals surface area (Å²) < 4.78 is 5.00. The van der Waals surface area contributed by atoms with E-state index in [-0.39, 0.29) is 0 Å². The van der Waals surface area contributed by atoms with Gasteiger partial charge in [-0.05, 0) is 19.3 Å². The van der Waals surface area contributed by atoms with Crippen molar-refractivity contribution in [2.75, 3.05) is 20.3 Å². The first-order chi connectivity index (χ1) is 6.33. The lowest BCUT2D eigenvalue weighted by Gasteiger charge is -2.17. The molecular formula is C11H23NO. The highest BCUT2D eigenvalue weighted by Crippen LogP contribution is 2.28. The lowest BCUT2D eigenvalue weighted by atomic mass is 9.99. The maximum Gasteiger partial charge on any atom is 0.0587 e. The van der Waals surface area contributed by atoms with Crippen LogP contribution in [0.5, 0.6) is 0 Å². The Bertz CT molecular complexity index is 121. The highest BCUT2D eigenvalue weighted by molar-refractivity contribution is 4.72. The lowest BCUT2D eigenvalue weighted by molar-refractivity contribution is 0.194. The molecule has 2 heteroatoms. The summed E-state index contributed by atoms with van der Waals surface area (Å²) in [5.74, 6) is 0.991. The Morgan fingerprint density at radius 1 is 1.38 bits per heavy atom. The van der Waals surface area contributed by atoms with Crippen molar-refractivity contribution >= 4 is 0 Å². The summed E-state index contributed by atoms with van der Waals surface area (Å²) in [5, 5.41) is 3.49. The zero-order chi connectivity index (χ0) is 9.52. The topological polar surface area (TPSA) is 21.3 Å². The number of nitrogens with one attached hydrogen (secondary N) is 1. The van der Waals surface area contributed by atoms with Crippen LogP contribution in [0.4, 0.5) is 0 Å². The molecule has 0 aromatic heterocycles. The second-order valence-electron chi connectivity index (χ2n) is 4.23. The van der Waals surface area contributed by atoms with Crippen LogP contribution in [0.25, 0.3) is 0 Å². The lowest BCUT2D eigenvalue weighted by Crippen LogP contribution is -2.30. The van der Waals surface area contributed by atoms with E-state index in [0.717, 1.165) is 19.1 Å². The van der Waals surface area contributed by atoms with E-state index in [1.165, 1.54) is 32.1 Å². The van der Waals surface area contributed by atoms with Gasteiger partial charge in [0.1, 0.15) is 0 Å². The van der Waals surface area contributed by atoms with Gasteiger partial charge in [0.15, 0.2) is 0 Å². The van der Waals surface area contributed by atoms with Crippen molar-refractivity contribution in [3.63, 3.8) is 0 Å². The van der Waals surface area contributed by atoms with Gasteiger partial charge < -0.3 is 10.1 Å². The molecule has 2 nitrogen and oxygen atoms in total. The number of ether oxygens (including phenoxy) is 1. The van der Waals surface area contributed by atoms with E-state index in [2.05, 4.69) is 12.2 Å². The number of hydrogen-bond donors (Lipinski definition) is 1. The fraction of sp³-hybridized carbons (Fsp3) is 1.00. The van der Waals surface area contributed by atoms with Gasteiger partial charge in [-0.25, -0.2) is 0 Å². The quantitative estimate of drug-likeness (QED) is 0.640. The molecule has 1 aliphatic rings. The van der Waals surface area contributed by atoms with Crippen LogP contribution < -0.4 is 5.32 Å². The minimum Gasteiger partial charge on any atom is -0.383 e. The highest BCUT2D eigenvalue weighted by atomic mass is 16.5. The van der Waals surface area contributed by atoms with E-state index >= 15 is 0 Å². The number of hydrogen-bond acceptors (Lipinski definition) is 2. The molecule has 0 spiro atoms. The van der Waals surface area contributed by atoms with E-state index in [1.807, 2.05) is 0 Å². The first kappa shape index (κ1) is 11.0. The largest absolute Gasteiger partial charge is 0.383 e. The minimum atomic E-state index is 0.665. The Morgan fingerprint density at radius 2 is 2.08 bits per heavy atom. The second kappa shape index (κ2) is 6.39. The summed E-state index contributed by atoms with van der Waals surface area (Å²) in [6, 6.07) is 0.665. The van der Waals surface area contributed by atoms with Crippen molar-refractivity contribution < 1.29 is 4.74 Å². The summed E-state index contributed by atoms with van der Waals surface area (Å²) in [4.78, 5) is 0. The Balaban J connectivity index is 1.99. The van der Waals surface area contributed by atoms with Crippen molar-refractivity contribution in [1.82, 2.24) is 5.32 Å². The first-order valence-electron chi connectivity index (χ1n) is 5.55. The van der Waals surface area contributed by atoms with E-state index in [4.69, 9.17) is 4.74 Å². The fourth-order valence-electron chi connectivity index (χ4n) is 2.24. The highest BCUT2D eigenvalue weighted by Gasteiger charge is 2.17. The molecule has 1 saturated carbocycles. The molecule has 1 rings (SSSR count). The van der Waals surface area contributed by atoms with Crippen molar-refractivity contribution in [2.24, 2.45) is 5.92 Å². The smallest absolute Gasteiger partial charge is 0.0587 e. The summed E-state index contributed by atoms with van der Waals surface area (Å²) in [6.07, 6.45) is 7.17. The fourth-order valence-corrected chi connectivity index (χ4v) is 2.24. The third kappa shape index (κ3) is 4.63. The molecule has 0 aromatic carbocycles. The van der Waals surface area contributed by atoms with Gasteiger partial charge in [-0.1, -0.05) is 25.7 Å². The predicted molar refractivity (Wildman–Crippen MR) is 55.9 cm³/mol. The minimum absolute atomic E-state index is 0.665. The van der Waals surface area contributed by atoms with Crippen LogP contribution in [0.15, 0.2) is 0 Å². The van der Waals surface area contributed by atoms with Gasteiger partial charge >= 0.3 is 0 Å². The number of methoxy groups -OCH3 is 1. The molecule has 0 amide bonds. The molecule has 1 N–H and O–H groups in total. The van der Waals surface area contributed by atoms with Crippen LogP contribution in [0, 0.1) is 5.92 Å². The molecule has 0 aliphatic heterocycles. The molecule has 0 radical (unpaired) electrons. The third-order valence-electron chi connectivity index (χ3n) is 2.96. The van der Waals surface area contributed by atoms with Gasteiger partial charge in [0.05, 0.1) is 6.61 Å². The standard InChI is InChI=1S/C11H23NO/c1-10(12-7-8-13-2)9-11-5-3-4-6-11/h10-12H,3-9H2,1-2H3. The summed E-state index contributed by atoms with van der Waals surface area (Å²) >= 11 is 0. The van der Waals surface area contributed by atoms with Gasteiger partial charge in [0.2, 0.25) is 0 Å². The zero-order valence-corrected chi connectivity index (χ0v) is 9.01. The third-order valence-corrected chi connectivity index (χ3v) is 2.96. The molecule has 78 valence electrons. The Hall–Kier alpha value is -0.0800. The summed E-state index contributed by atoms with van der Waals surface area (Å²) in [6.45, 7) is 4.10. The van der Waals surface area contributed by atoms with E-state index < -0.39 is 0 Å². The predicted octanol–water partition coefficient (Wildman–Crippen LogP) is 2.19. The summed E-state index contributed by atoms with van der Waals surface area (Å²) in [5.41, 5.74) is 0. The maximum absolute atomic E-state index is 5.00.